The molecule has 4 aromatic rings. The lowest BCUT2D eigenvalue weighted by molar-refractivity contribution is -0.274. The maximum absolute atomic E-state index is 12.3. The van der Waals surface area contributed by atoms with Crippen molar-refractivity contribution in [3.8, 4) is 16.9 Å². The van der Waals surface area contributed by atoms with Crippen molar-refractivity contribution in [2.45, 2.75) is 12.9 Å². The van der Waals surface area contributed by atoms with Crippen LogP contribution in [0.2, 0.25) is 0 Å². The van der Waals surface area contributed by atoms with Gasteiger partial charge in [0.25, 0.3) is 0 Å². The Bertz CT molecular complexity index is 1250. The topological polar surface area (TPSA) is 28.6 Å². The highest BCUT2D eigenvalue weighted by molar-refractivity contribution is 5.80. The van der Waals surface area contributed by atoms with Crippen molar-refractivity contribution in [3.05, 3.63) is 90.5 Å². The quantitative estimate of drug-likeness (QED) is 0.356. The van der Waals surface area contributed by atoms with Gasteiger partial charge < -0.3 is 9.64 Å². The predicted octanol–water partition coefficient (Wildman–Crippen LogP) is 6.12. The first-order valence-corrected chi connectivity index (χ1v) is 11.2. The number of halogens is 3. The molecular formula is C27H24F3N3O. The van der Waals surface area contributed by atoms with E-state index < -0.39 is 6.36 Å². The molecule has 4 nitrogen and oxygen atoms in total. The summed E-state index contributed by atoms with van der Waals surface area (Å²) in [6.07, 6.45) is -4.68. The average molecular weight is 464 g/mol. The Kier molecular flexibility index (Phi) is 6.11. The molecule has 0 aliphatic carbocycles. The Morgan fingerprint density at radius 3 is 2.06 bits per heavy atom. The molecule has 1 aliphatic rings. The van der Waals surface area contributed by atoms with E-state index in [-0.39, 0.29) is 5.75 Å². The Labute approximate surface area is 196 Å². The molecule has 5 rings (SSSR count). The van der Waals surface area contributed by atoms with Crippen LogP contribution in [0, 0.1) is 0 Å². The number of piperazine rings is 1. The van der Waals surface area contributed by atoms with Gasteiger partial charge >= 0.3 is 6.36 Å². The van der Waals surface area contributed by atoms with Crippen LogP contribution in [-0.4, -0.2) is 42.4 Å². The second-order valence-electron chi connectivity index (χ2n) is 8.39. The smallest absolute Gasteiger partial charge is 0.406 e. The van der Waals surface area contributed by atoms with Crippen LogP contribution >= 0.6 is 0 Å². The fourth-order valence-electron chi connectivity index (χ4n) is 4.28. The fraction of sp³-hybridized carbons (Fsp3) is 0.222. The number of alkyl halides is 3. The highest BCUT2D eigenvalue weighted by Crippen LogP contribution is 2.27. The Morgan fingerprint density at radius 2 is 1.38 bits per heavy atom. The van der Waals surface area contributed by atoms with Gasteiger partial charge in [0.1, 0.15) is 11.6 Å². The van der Waals surface area contributed by atoms with Gasteiger partial charge in [-0.3, -0.25) is 4.90 Å². The minimum absolute atomic E-state index is 0.217. The molecule has 1 aliphatic heterocycles. The molecule has 7 heteroatoms. The van der Waals surface area contributed by atoms with Crippen molar-refractivity contribution < 1.29 is 17.9 Å². The number of pyridine rings is 1. The first kappa shape index (κ1) is 22.2. The standard InChI is InChI=1S/C27H24F3N3O/c28-27(29,30)34-24-12-9-22(10-13-24)21-7-5-20(6-8-21)19-32-15-17-33(18-16-32)26-14-11-23-3-1-2-4-25(23)31-26/h1-14H,15-19H2. The Balaban J connectivity index is 1.16. The summed E-state index contributed by atoms with van der Waals surface area (Å²) in [5, 5.41) is 1.15. The summed E-state index contributed by atoms with van der Waals surface area (Å²) in [4.78, 5) is 9.57. The van der Waals surface area contributed by atoms with Crippen LogP contribution in [0.15, 0.2) is 84.9 Å². The van der Waals surface area contributed by atoms with E-state index in [4.69, 9.17) is 4.98 Å². The van der Waals surface area contributed by atoms with Gasteiger partial charge in [0, 0.05) is 38.1 Å². The lowest BCUT2D eigenvalue weighted by Crippen LogP contribution is -2.46. The molecule has 174 valence electrons. The van der Waals surface area contributed by atoms with E-state index in [0.717, 1.165) is 60.6 Å². The van der Waals surface area contributed by atoms with Crippen molar-refractivity contribution in [1.82, 2.24) is 9.88 Å². The van der Waals surface area contributed by atoms with Gasteiger partial charge in [-0.15, -0.1) is 13.2 Å². The van der Waals surface area contributed by atoms with E-state index in [1.807, 2.05) is 30.3 Å². The van der Waals surface area contributed by atoms with Crippen LogP contribution in [0.5, 0.6) is 5.75 Å². The third kappa shape index (κ3) is 5.31. The SMILES string of the molecule is FC(F)(F)Oc1ccc(-c2ccc(CN3CCN(c4ccc5ccccc5n4)CC3)cc2)cc1. The molecule has 1 fully saturated rings. The number of fused-ring (bicyclic) bond motifs is 1. The second-order valence-corrected chi connectivity index (χ2v) is 8.39. The van der Waals surface area contributed by atoms with E-state index >= 15 is 0 Å². The number of nitrogens with zero attached hydrogens (tertiary/aromatic N) is 3. The highest BCUT2D eigenvalue weighted by atomic mass is 19.4. The van der Waals surface area contributed by atoms with Gasteiger partial charge in [-0.05, 0) is 47.0 Å². The van der Waals surface area contributed by atoms with E-state index in [1.165, 1.54) is 17.7 Å². The maximum atomic E-state index is 12.3. The average Bonchev–Trinajstić information content (AvgIpc) is 2.84. The monoisotopic (exact) mass is 463 g/mol. The first-order chi connectivity index (χ1) is 16.4. The minimum atomic E-state index is -4.68. The third-order valence-corrected chi connectivity index (χ3v) is 6.06. The van der Waals surface area contributed by atoms with Crippen molar-refractivity contribution in [1.29, 1.82) is 0 Å². The van der Waals surface area contributed by atoms with Crippen LogP contribution in [-0.2, 0) is 6.54 Å². The van der Waals surface area contributed by atoms with E-state index in [9.17, 15) is 13.2 Å². The molecule has 0 radical (unpaired) electrons. The van der Waals surface area contributed by atoms with E-state index in [1.54, 1.807) is 12.1 Å². The van der Waals surface area contributed by atoms with Crippen molar-refractivity contribution in [2.75, 3.05) is 31.1 Å². The molecule has 0 spiro atoms. The van der Waals surface area contributed by atoms with E-state index in [2.05, 4.69) is 44.9 Å². The van der Waals surface area contributed by atoms with Gasteiger partial charge in [-0.25, -0.2) is 4.98 Å². The lowest BCUT2D eigenvalue weighted by atomic mass is 10.0. The van der Waals surface area contributed by atoms with Crippen LogP contribution < -0.4 is 9.64 Å². The fourth-order valence-corrected chi connectivity index (χ4v) is 4.28. The summed E-state index contributed by atoms with van der Waals surface area (Å²) in [5.41, 5.74) is 4.02. The van der Waals surface area contributed by atoms with Gasteiger partial charge in [-0.1, -0.05) is 54.6 Å². The number of ether oxygens (including phenoxy) is 1. The molecule has 0 atom stereocenters. The van der Waals surface area contributed by atoms with Crippen molar-refractivity contribution >= 4 is 16.7 Å². The summed E-state index contributed by atoms with van der Waals surface area (Å²) in [6, 6.07) is 26.5. The molecule has 2 heterocycles. The third-order valence-electron chi connectivity index (χ3n) is 6.06. The number of hydrogen-bond donors (Lipinski definition) is 0. The number of anilines is 1. The van der Waals surface area contributed by atoms with Gasteiger partial charge in [0.15, 0.2) is 0 Å². The normalized spacial score (nSPS) is 15.0. The number of rotatable bonds is 5. The van der Waals surface area contributed by atoms with Crippen molar-refractivity contribution in [2.24, 2.45) is 0 Å². The Hall–Kier alpha value is -3.58. The van der Waals surface area contributed by atoms with Gasteiger partial charge in [0.2, 0.25) is 0 Å². The predicted molar refractivity (Wildman–Crippen MR) is 128 cm³/mol. The summed E-state index contributed by atoms with van der Waals surface area (Å²) >= 11 is 0. The molecule has 3 aromatic carbocycles. The second kappa shape index (κ2) is 9.35. The largest absolute Gasteiger partial charge is 0.573 e. The van der Waals surface area contributed by atoms with Gasteiger partial charge in [-0.2, -0.15) is 0 Å². The molecule has 1 aromatic heterocycles. The highest BCUT2D eigenvalue weighted by Gasteiger charge is 2.31. The number of benzene rings is 3. The van der Waals surface area contributed by atoms with E-state index in [0.29, 0.717) is 0 Å². The maximum Gasteiger partial charge on any atom is 0.573 e. The molecule has 0 unspecified atom stereocenters. The van der Waals surface area contributed by atoms with Crippen LogP contribution in [0.25, 0.3) is 22.0 Å². The van der Waals surface area contributed by atoms with Gasteiger partial charge in [0.05, 0.1) is 5.52 Å². The molecule has 34 heavy (non-hydrogen) atoms. The summed E-state index contributed by atoms with van der Waals surface area (Å²) in [5.74, 6) is 0.806. The van der Waals surface area contributed by atoms with Crippen LogP contribution in [0.3, 0.4) is 0 Å². The molecule has 0 N–H and O–H groups in total. The molecular weight excluding hydrogens is 439 g/mol. The summed E-state index contributed by atoms with van der Waals surface area (Å²) in [6.45, 7) is 4.62. The van der Waals surface area contributed by atoms with Crippen LogP contribution in [0.1, 0.15) is 5.56 Å². The van der Waals surface area contributed by atoms with Crippen molar-refractivity contribution in [3.63, 3.8) is 0 Å². The Morgan fingerprint density at radius 1 is 0.735 bits per heavy atom. The summed E-state index contributed by atoms with van der Waals surface area (Å²) in [7, 11) is 0. The zero-order valence-electron chi connectivity index (χ0n) is 18.5. The lowest BCUT2D eigenvalue weighted by Gasteiger charge is -2.35. The molecule has 1 saturated heterocycles. The number of aromatic nitrogens is 1. The zero-order chi connectivity index (χ0) is 23.5. The van der Waals surface area contributed by atoms with Crippen LogP contribution in [0.4, 0.5) is 19.0 Å². The minimum Gasteiger partial charge on any atom is -0.406 e. The number of hydrogen-bond acceptors (Lipinski definition) is 4. The zero-order valence-corrected chi connectivity index (χ0v) is 18.5. The molecule has 0 bridgehead atoms. The first-order valence-electron chi connectivity index (χ1n) is 11.2. The molecule has 0 amide bonds. The summed E-state index contributed by atoms with van der Waals surface area (Å²) < 4.78 is 40.9. The number of para-hydroxylation sites is 1. The molecule has 0 saturated carbocycles.